The van der Waals surface area contributed by atoms with E-state index in [2.05, 4.69) is 0 Å². The fraction of sp³-hybridized carbons (Fsp3) is 0.500. The summed E-state index contributed by atoms with van der Waals surface area (Å²) in [6.07, 6.45) is 2.00. The molecule has 1 amide bonds. The van der Waals surface area contributed by atoms with Gasteiger partial charge in [0.05, 0.1) is 10.6 Å². The van der Waals surface area contributed by atoms with E-state index in [1.807, 2.05) is 0 Å². The molecular formula is C14H16Cl2F2N2O. The van der Waals surface area contributed by atoms with Gasteiger partial charge in [0.15, 0.2) is 11.6 Å². The van der Waals surface area contributed by atoms with Crippen LogP contribution in [0.3, 0.4) is 0 Å². The van der Waals surface area contributed by atoms with Crippen molar-refractivity contribution in [1.82, 2.24) is 4.90 Å². The Labute approximate surface area is 132 Å². The minimum absolute atomic E-state index is 0. The van der Waals surface area contributed by atoms with Crippen LogP contribution >= 0.6 is 24.0 Å². The monoisotopic (exact) mass is 336 g/mol. The second kappa shape index (κ2) is 6.07. The van der Waals surface area contributed by atoms with Gasteiger partial charge < -0.3 is 10.6 Å². The third kappa shape index (κ3) is 2.87. The number of carbonyl (C=O) groups excluding carboxylic acids is 1. The minimum atomic E-state index is -1.06. The van der Waals surface area contributed by atoms with Gasteiger partial charge in [-0.05, 0) is 36.8 Å². The molecule has 1 aromatic carbocycles. The van der Waals surface area contributed by atoms with Gasteiger partial charge in [0.25, 0.3) is 5.91 Å². The molecule has 1 heterocycles. The van der Waals surface area contributed by atoms with Crippen LogP contribution in [0.5, 0.6) is 0 Å². The summed E-state index contributed by atoms with van der Waals surface area (Å²) in [5, 5.41) is -0.0599. The summed E-state index contributed by atoms with van der Waals surface area (Å²) in [6.45, 7) is 1.19. The maximum absolute atomic E-state index is 13.3. The predicted molar refractivity (Wildman–Crippen MR) is 78.7 cm³/mol. The Hall–Kier alpha value is -0.910. The molecule has 2 aliphatic rings. The molecule has 1 saturated carbocycles. The fourth-order valence-corrected chi connectivity index (χ4v) is 3.56. The zero-order chi connectivity index (χ0) is 14.4. The summed E-state index contributed by atoms with van der Waals surface area (Å²) in [6, 6.07) is 1.83. The van der Waals surface area contributed by atoms with E-state index in [9.17, 15) is 13.6 Å². The molecule has 3 atom stereocenters. The largest absolute Gasteiger partial charge is 0.338 e. The van der Waals surface area contributed by atoms with Crippen LogP contribution in [-0.4, -0.2) is 29.9 Å². The molecule has 0 radical (unpaired) electrons. The third-order valence-corrected chi connectivity index (χ3v) is 4.75. The molecule has 21 heavy (non-hydrogen) atoms. The first kappa shape index (κ1) is 16.5. The number of hydrogen-bond acceptors (Lipinski definition) is 2. The topological polar surface area (TPSA) is 46.3 Å². The van der Waals surface area contributed by atoms with Gasteiger partial charge in [0, 0.05) is 19.1 Å². The smallest absolute Gasteiger partial charge is 0.255 e. The van der Waals surface area contributed by atoms with Crippen molar-refractivity contribution < 1.29 is 13.6 Å². The molecule has 7 heteroatoms. The summed E-state index contributed by atoms with van der Waals surface area (Å²) in [5.74, 6) is -1.74. The van der Waals surface area contributed by atoms with Crippen LogP contribution in [0.1, 0.15) is 23.2 Å². The van der Waals surface area contributed by atoms with Crippen LogP contribution in [0, 0.1) is 23.5 Å². The molecule has 1 aliphatic heterocycles. The summed E-state index contributed by atoms with van der Waals surface area (Å²) in [5.41, 5.74) is 6.03. The molecule has 3 rings (SSSR count). The van der Waals surface area contributed by atoms with Crippen molar-refractivity contribution in [3.63, 3.8) is 0 Å². The van der Waals surface area contributed by atoms with Crippen LogP contribution in [0.2, 0.25) is 5.02 Å². The summed E-state index contributed by atoms with van der Waals surface area (Å²) >= 11 is 5.85. The van der Waals surface area contributed by atoms with Crippen LogP contribution < -0.4 is 5.73 Å². The molecule has 3 nitrogen and oxygen atoms in total. The van der Waals surface area contributed by atoms with Gasteiger partial charge in [-0.15, -0.1) is 12.4 Å². The number of amides is 1. The van der Waals surface area contributed by atoms with Gasteiger partial charge in [0.2, 0.25) is 0 Å². The maximum atomic E-state index is 13.3. The van der Waals surface area contributed by atoms with Crippen molar-refractivity contribution in [2.45, 2.75) is 18.9 Å². The Bertz CT molecular complexity index is 570. The molecule has 0 aromatic heterocycles. The van der Waals surface area contributed by atoms with E-state index in [1.165, 1.54) is 0 Å². The molecule has 1 saturated heterocycles. The van der Waals surface area contributed by atoms with Gasteiger partial charge in [-0.3, -0.25) is 4.79 Å². The molecule has 3 unspecified atom stereocenters. The molecular weight excluding hydrogens is 321 g/mol. The quantitative estimate of drug-likeness (QED) is 0.801. The number of nitrogens with zero attached hydrogens (tertiary/aromatic N) is 1. The predicted octanol–water partition coefficient (Wildman–Crippen LogP) is 2.85. The molecule has 1 aromatic rings. The standard InChI is InChI=1S/C14H15ClF2N2O.ClH/c15-10-4-12(17)11(16)3-8(10)14(20)19-5-7-1-2-13(18)9(7)6-19;/h3-4,7,9,13H,1-2,5-6,18H2;1H. The van der Waals surface area contributed by atoms with Crippen molar-refractivity contribution in [3.05, 3.63) is 34.4 Å². The van der Waals surface area contributed by atoms with Crippen molar-refractivity contribution >= 4 is 29.9 Å². The lowest BCUT2D eigenvalue weighted by Gasteiger charge is -2.19. The average molecular weight is 337 g/mol. The molecule has 116 valence electrons. The lowest BCUT2D eigenvalue weighted by Crippen LogP contribution is -2.33. The van der Waals surface area contributed by atoms with Crippen molar-refractivity contribution in [3.8, 4) is 0 Å². The Kier molecular flexibility index (Phi) is 4.76. The van der Waals surface area contributed by atoms with Crippen molar-refractivity contribution in [2.75, 3.05) is 13.1 Å². The highest BCUT2D eigenvalue weighted by atomic mass is 35.5. The van der Waals surface area contributed by atoms with Crippen LogP contribution in [0.15, 0.2) is 12.1 Å². The van der Waals surface area contributed by atoms with Gasteiger partial charge in [-0.2, -0.15) is 0 Å². The SMILES string of the molecule is Cl.NC1CCC2CN(C(=O)c3cc(F)c(F)cc3Cl)CC12. The molecule has 1 aliphatic carbocycles. The van der Waals surface area contributed by atoms with Crippen molar-refractivity contribution in [1.29, 1.82) is 0 Å². The Morgan fingerprint density at radius 1 is 1.24 bits per heavy atom. The molecule has 0 bridgehead atoms. The third-order valence-electron chi connectivity index (χ3n) is 4.44. The molecule has 2 fully saturated rings. The van der Waals surface area contributed by atoms with E-state index in [0.717, 1.165) is 25.0 Å². The van der Waals surface area contributed by atoms with E-state index in [-0.39, 0.29) is 34.9 Å². The van der Waals surface area contributed by atoms with E-state index in [4.69, 9.17) is 17.3 Å². The number of likely N-dealkylation sites (tertiary alicyclic amines) is 1. The van der Waals surface area contributed by atoms with E-state index in [0.29, 0.717) is 24.9 Å². The van der Waals surface area contributed by atoms with E-state index >= 15 is 0 Å². The first-order chi connectivity index (χ1) is 9.47. The van der Waals surface area contributed by atoms with E-state index < -0.39 is 11.6 Å². The highest BCUT2D eigenvalue weighted by Gasteiger charge is 2.42. The number of rotatable bonds is 1. The number of benzene rings is 1. The maximum Gasteiger partial charge on any atom is 0.255 e. The Morgan fingerprint density at radius 2 is 1.90 bits per heavy atom. The average Bonchev–Trinajstić information content (AvgIpc) is 2.96. The number of hydrogen-bond donors (Lipinski definition) is 1. The van der Waals surface area contributed by atoms with Crippen LogP contribution in [-0.2, 0) is 0 Å². The zero-order valence-electron chi connectivity index (χ0n) is 11.2. The first-order valence-corrected chi connectivity index (χ1v) is 7.04. The van der Waals surface area contributed by atoms with E-state index in [1.54, 1.807) is 4.90 Å². The summed E-state index contributed by atoms with van der Waals surface area (Å²) in [7, 11) is 0. The Morgan fingerprint density at radius 3 is 2.57 bits per heavy atom. The lowest BCUT2D eigenvalue weighted by molar-refractivity contribution is 0.0779. The van der Waals surface area contributed by atoms with Gasteiger partial charge in [0.1, 0.15) is 0 Å². The molecule has 2 N–H and O–H groups in total. The minimum Gasteiger partial charge on any atom is -0.338 e. The van der Waals surface area contributed by atoms with Crippen LogP contribution in [0.4, 0.5) is 8.78 Å². The second-order valence-corrected chi connectivity index (χ2v) is 6.03. The first-order valence-electron chi connectivity index (χ1n) is 6.66. The zero-order valence-corrected chi connectivity index (χ0v) is 12.8. The Balaban J connectivity index is 0.00000161. The highest BCUT2D eigenvalue weighted by Crippen LogP contribution is 2.38. The second-order valence-electron chi connectivity index (χ2n) is 5.62. The lowest BCUT2D eigenvalue weighted by atomic mass is 9.98. The van der Waals surface area contributed by atoms with Gasteiger partial charge in [-0.1, -0.05) is 11.6 Å². The number of halogens is 4. The van der Waals surface area contributed by atoms with Gasteiger partial charge >= 0.3 is 0 Å². The normalized spacial score (nSPS) is 27.4. The summed E-state index contributed by atoms with van der Waals surface area (Å²) in [4.78, 5) is 14.0. The highest BCUT2D eigenvalue weighted by molar-refractivity contribution is 6.33. The summed E-state index contributed by atoms with van der Waals surface area (Å²) < 4.78 is 26.3. The molecule has 0 spiro atoms. The van der Waals surface area contributed by atoms with Crippen molar-refractivity contribution in [2.24, 2.45) is 17.6 Å². The fourth-order valence-electron chi connectivity index (χ4n) is 3.33. The van der Waals surface area contributed by atoms with Gasteiger partial charge in [-0.25, -0.2) is 8.78 Å². The number of nitrogens with two attached hydrogens (primary N) is 1. The van der Waals surface area contributed by atoms with Crippen LogP contribution in [0.25, 0.3) is 0 Å². The number of carbonyl (C=O) groups is 1. The number of fused-ring (bicyclic) bond motifs is 1.